The van der Waals surface area contributed by atoms with Crippen molar-refractivity contribution >= 4 is 17.0 Å². The number of aromatic amines is 1. The number of esters is 1. The summed E-state index contributed by atoms with van der Waals surface area (Å²) in [6.45, 7) is 4.62. The van der Waals surface area contributed by atoms with E-state index in [2.05, 4.69) is 23.0 Å². The molecule has 4 aromatic rings. The molecule has 0 aliphatic rings. The van der Waals surface area contributed by atoms with Crippen molar-refractivity contribution in [1.29, 1.82) is 5.26 Å². The molecule has 1 heterocycles. The van der Waals surface area contributed by atoms with E-state index in [0.717, 1.165) is 40.9 Å². The van der Waals surface area contributed by atoms with E-state index in [9.17, 15) is 10.1 Å². The van der Waals surface area contributed by atoms with E-state index >= 15 is 0 Å². The Labute approximate surface area is 192 Å². The van der Waals surface area contributed by atoms with Gasteiger partial charge in [0.1, 0.15) is 23.7 Å². The lowest BCUT2D eigenvalue weighted by molar-refractivity contribution is 0.0474. The molecule has 0 saturated heterocycles. The number of ether oxygens (including phenoxy) is 2. The predicted octanol–water partition coefficient (Wildman–Crippen LogP) is 5.95. The lowest BCUT2D eigenvalue weighted by atomic mass is 9.98. The number of aromatic nitrogens is 2. The Morgan fingerprint density at radius 2 is 1.94 bits per heavy atom. The molecule has 0 aliphatic carbocycles. The number of fused-ring (bicyclic) bond motifs is 1. The van der Waals surface area contributed by atoms with Crippen LogP contribution in [0.25, 0.3) is 22.2 Å². The number of H-pyrrole nitrogens is 1. The molecule has 0 saturated carbocycles. The topological polar surface area (TPSA) is 88.0 Å². The Morgan fingerprint density at radius 1 is 1.09 bits per heavy atom. The van der Waals surface area contributed by atoms with Crippen LogP contribution in [0.15, 0.2) is 60.7 Å². The van der Waals surface area contributed by atoms with Crippen LogP contribution in [0.3, 0.4) is 0 Å². The van der Waals surface area contributed by atoms with Crippen LogP contribution >= 0.6 is 0 Å². The van der Waals surface area contributed by atoms with Crippen LogP contribution in [-0.2, 0) is 11.3 Å². The second-order valence-electron chi connectivity index (χ2n) is 7.79. The van der Waals surface area contributed by atoms with E-state index in [1.165, 1.54) is 0 Å². The summed E-state index contributed by atoms with van der Waals surface area (Å²) in [6, 6.07) is 20.8. The SMILES string of the molecule is CCCCOc1cc(COC(=O)c2cccc3[nH]c(C)nc23)ccc1-c1ccccc1C#N. The number of nitrogens with one attached hydrogen (secondary N) is 1. The van der Waals surface area contributed by atoms with Crippen molar-refractivity contribution < 1.29 is 14.3 Å². The number of carbonyl (C=O) groups is 1. The fourth-order valence-corrected chi connectivity index (χ4v) is 3.69. The van der Waals surface area contributed by atoms with Crippen LogP contribution in [-0.4, -0.2) is 22.5 Å². The fourth-order valence-electron chi connectivity index (χ4n) is 3.69. The first-order valence-corrected chi connectivity index (χ1v) is 11.0. The quantitative estimate of drug-likeness (QED) is 0.271. The maximum Gasteiger partial charge on any atom is 0.340 e. The lowest BCUT2D eigenvalue weighted by Gasteiger charge is -2.15. The number of rotatable bonds is 8. The van der Waals surface area contributed by atoms with Gasteiger partial charge in [0.05, 0.1) is 29.3 Å². The average molecular weight is 440 g/mol. The zero-order valence-corrected chi connectivity index (χ0v) is 18.7. The summed E-state index contributed by atoms with van der Waals surface area (Å²) in [6.07, 6.45) is 1.94. The Morgan fingerprint density at radius 3 is 2.76 bits per heavy atom. The van der Waals surface area contributed by atoms with Crippen molar-refractivity contribution in [2.45, 2.75) is 33.3 Å². The number of hydrogen-bond donors (Lipinski definition) is 1. The maximum absolute atomic E-state index is 12.8. The van der Waals surface area contributed by atoms with Crippen molar-refractivity contribution in [3.8, 4) is 22.9 Å². The molecule has 6 heteroatoms. The zero-order valence-electron chi connectivity index (χ0n) is 18.7. The summed E-state index contributed by atoms with van der Waals surface area (Å²) >= 11 is 0. The van der Waals surface area contributed by atoms with E-state index in [1.807, 2.05) is 49.4 Å². The summed E-state index contributed by atoms with van der Waals surface area (Å²) in [5.74, 6) is 0.983. The van der Waals surface area contributed by atoms with Crippen molar-refractivity contribution in [2.75, 3.05) is 6.61 Å². The third-order valence-corrected chi connectivity index (χ3v) is 5.36. The summed E-state index contributed by atoms with van der Waals surface area (Å²) in [5.41, 5.74) is 4.88. The molecule has 0 aliphatic heterocycles. The molecule has 3 aromatic carbocycles. The smallest absolute Gasteiger partial charge is 0.340 e. The molecule has 1 aromatic heterocycles. The van der Waals surface area contributed by atoms with Gasteiger partial charge < -0.3 is 14.5 Å². The molecule has 166 valence electrons. The molecule has 0 spiro atoms. The van der Waals surface area contributed by atoms with Crippen molar-refractivity contribution in [3.05, 3.63) is 83.2 Å². The van der Waals surface area contributed by atoms with Gasteiger partial charge in [-0.25, -0.2) is 9.78 Å². The molecule has 0 atom stereocenters. The molecule has 0 unspecified atom stereocenters. The molecule has 0 amide bonds. The Bertz CT molecular complexity index is 1330. The second kappa shape index (κ2) is 10.0. The summed E-state index contributed by atoms with van der Waals surface area (Å²) in [7, 11) is 0. The number of imidazole rings is 1. The summed E-state index contributed by atoms with van der Waals surface area (Å²) in [5, 5.41) is 9.51. The molecule has 33 heavy (non-hydrogen) atoms. The third kappa shape index (κ3) is 4.88. The highest BCUT2D eigenvalue weighted by atomic mass is 16.5. The molecule has 0 radical (unpaired) electrons. The van der Waals surface area contributed by atoms with Gasteiger partial charge in [-0.05, 0) is 43.2 Å². The Balaban J connectivity index is 1.58. The third-order valence-electron chi connectivity index (χ3n) is 5.36. The summed E-state index contributed by atoms with van der Waals surface area (Å²) < 4.78 is 11.7. The average Bonchev–Trinajstić information content (AvgIpc) is 3.23. The Hall–Kier alpha value is -4.11. The number of hydrogen-bond acceptors (Lipinski definition) is 5. The van der Waals surface area contributed by atoms with Crippen LogP contribution < -0.4 is 4.74 Å². The first-order valence-electron chi connectivity index (χ1n) is 11.0. The number of para-hydroxylation sites is 1. The fraction of sp³-hybridized carbons (Fsp3) is 0.222. The van der Waals surface area contributed by atoms with Crippen LogP contribution in [0.5, 0.6) is 5.75 Å². The van der Waals surface area contributed by atoms with Gasteiger partial charge >= 0.3 is 5.97 Å². The number of aryl methyl sites for hydroxylation is 1. The minimum Gasteiger partial charge on any atom is -0.493 e. The number of unbranched alkanes of at least 4 members (excludes halogenated alkanes) is 1. The first-order chi connectivity index (χ1) is 16.1. The van der Waals surface area contributed by atoms with E-state index < -0.39 is 5.97 Å². The van der Waals surface area contributed by atoms with Gasteiger partial charge in [-0.1, -0.05) is 49.7 Å². The van der Waals surface area contributed by atoms with E-state index in [0.29, 0.717) is 29.0 Å². The van der Waals surface area contributed by atoms with Crippen molar-refractivity contribution in [1.82, 2.24) is 9.97 Å². The minimum absolute atomic E-state index is 0.100. The van der Waals surface area contributed by atoms with Crippen LogP contribution in [0.1, 0.15) is 47.1 Å². The first kappa shape index (κ1) is 22.1. The monoisotopic (exact) mass is 439 g/mol. The van der Waals surface area contributed by atoms with Crippen molar-refractivity contribution in [3.63, 3.8) is 0 Å². The van der Waals surface area contributed by atoms with Gasteiger partial charge in [-0.15, -0.1) is 0 Å². The Kier molecular flexibility index (Phi) is 6.70. The van der Waals surface area contributed by atoms with Gasteiger partial charge in [0, 0.05) is 11.1 Å². The standard InChI is InChI=1S/C27H25N3O3/c1-3-4-14-32-25-15-19(12-13-22(25)21-9-6-5-8-20(21)16-28)17-33-27(31)23-10-7-11-24-26(23)30-18(2)29-24/h5-13,15H,3-4,14,17H2,1-2H3,(H,29,30). The van der Waals surface area contributed by atoms with Crippen molar-refractivity contribution in [2.24, 2.45) is 0 Å². The number of nitriles is 1. The number of carbonyl (C=O) groups excluding carboxylic acids is 1. The zero-order chi connectivity index (χ0) is 23.2. The van der Waals surface area contributed by atoms with E-state index in [-0.39, 0.29) is 6.61 Å². The number of nitrogens with zero attached hydrogens (tertiary/aromatic N) is 2. The highest BCUT2D eigenvalue weighted by Crippen LogP contribution is 2.33. The molecule has 1 N–H and O–H groups in total. The van der Waals surface area contributed by atoms with E-state index in [1.54, 1.807) is 18.2 Å². The molecule has 6 nitrogen and oxygen atoms in total. The highest BCUT2D eigenvalue weighted by Gasteiger charge is 2.16. The van der Waals surface area contributed by atoms with Crippen LogP contribution in [0.2, 0.25) is 0 Å². The van der Waals surface area contributed by atoms with Gasteiger partial charge in [0.15, 0.2) is 0 Å². The van der Waals surface area contributed by atoms with Gasteiger partial charge in [0.25, 0.3) is 0 Å². The normalized spacial score (nSPS) is 10.7. The number of benzene rings is 3. The van der Waals surface area contributed by atoms with E-state index in [4.69, 9.17) is 9.47 Å². The largest absolute Gasteiger partial charge is 0.493 e. The van der Waals surface area contributed by atoms with Gasteiger partial charge in [0.2, 0.25) is 0 Å². The molecular formula is C27H25N3O3. The molecular weight excluding hydrogens is 414 g/mol. The maximum atomic E-state index is 12.8. The summed E-state index contributed by atoms with van der Waals surface area (Å²) in [4.78, 5) is 20.3. The molecule has 0 bridgehead atoms. The second-order valence-corrected chi connectivity index (χ2v) is 7.79. The molecule has 4 rings (SSSR count). The van der Waals surface area contributed by atoms with Crippen LogP contribution in [0.4, 0.5) is 0 Å². The minimum atomic E-state index is -0.431. The highest BCUT2D eigenvalue weighted by molar-refractivity contribution is 6.01. The van der Waals surface area contributed by atoms with Crippen LogP contribution in [0, 0.1) is 18.3 Å². The lowest BCUT2D eigenvalue weighted by Crippen LogP contribution is -2.06. The van der Waals surface area contributed by atoms with Gasteiger partial charge in [-0.3, -0.25) is 0 Å². The van der Waals surface area contributed by atoms with Gasteiger partial charge in [-0.2, -0.15) is 5.26 Å². The predicted molar refractivity (Wildman–Crippen MR) is 127 cm³/mol. The molecule has 0 fully saturated rings.